The molecule has 1 aromatic carbocycles. The van der Waals surface area contributed by atoms with Crippen LogP contribution in [0.3, 0.4) is 0 Å². The van der Waals surface area contributed by atoms with E-state index in [4.69, 9.17) is 11.5 Å². The van der Waals surface area contributed by atoms with Gasteiger partial charge in [-0.25, -0.2) is 13.6 Å². The molecule has 4 N–H and O–H groups in total. The smallest absolute Gasteiger partial charge is 0.347 e. The molecule has 2 aromatic rings. The summed E-state index contributed by atoms with van der Waals surface area (Å²) in [6, 6.07) is 5.61. The Kier molecular flexibility index (Phi) is 5.31. The minimum atomic E-state index is -0.754. The number of nitrogens with zero attached hydrogens (tertiary/aromatic N) is 3. The fraction of sp³-hybridized carbons (Fsp3) is 0.235. The molecule has 8 heteroatoms. The molecule has 6 nitrogen and oxygen atoms in total. The fourth-order valence-electron chi connectivity index (χ4n) is 2.76. The first kappa shape index (κ1) is 18.3. The van der Waals surface area contributed by atoms with Crippen molar-refractivity contribution >= 4 is 12.0 Å². The summed E-state index contributed by atoms with van der Waals surface area (Å²) in [6.45, 7) is 0.672. The summed E-state index contributed by atoms with van der Waals surface area (Å²) in [4.78, 5) is 20.9. The molecule has 2 heterocycles. The number of carbonyl (C=O) groups excluding carboxylic acids is 1. The van der Waals surface area contributed by atoms with Gasteiger partial charge in [-0.1, -0.05) is 25.6 Å². The second-order valence-electron chi connectivity index (χ2n) is 5.42. The van der Waals surface area contributed by atoms with Crippen LogP contribution in [0.25, 0.3) is 11.3 Å². The summed E-state index contributed by atoms with van der Waals surface area (Å²) in [5, 5.41) is 0. The van der Waals surface area contributed by atoms with Crippen LogP contribution in [0, 0.1) is 11.6 Å². The second-order valence-corrected chi connectivity index (χ2v) is 5.42. The zero-order chi connectivity index (χ0) is 17.3. The SMILES string of the molecule is C.NC(N)=NC(=O)N1CCc2cccc(-c3ncc(F)cc3F)c2C1. The lowest BCUT2D eigenvalue weighted by molar-refractivity contribution is 0.203. The Labute approximate surface area is 144 Å². The predicted octanol–water partition coefficient (Wildman–Crippen LogP) is 2.41. The highest BCUT2D eigenvalue weighted by molar-refractivity contribution is 5.90. The number of carbonyl (C=O) groups is 1. The molecule has 0 saturated heterocycles. The fourth-order valence-corrected chi connectivity index (χ4v) is 2.76. The van der Waals surface area contributed by atoms with Gasteiger partial charge in [0.05, 0.1) is 6.20 Å². The van der Waals surface area contributed by atoms with E-state index in [1.165, 1.54) is 4.90 Å². The number of hydrogen-bond acceptors (Lipinski definition) is 2. The van der Waals surface area contributed by atoms with Gasteiger partial charge in [0.1, 0.15) is 11.5 Å². The Morgan fingerprint density at radius 2 is 2.04 bits per heavy atom. The molecule has 0 saturated carbocycles. The molecule has 0 radical (unpaired) electrons. The number of rotatable bonds is 1. The van der Waals surface area contributed by atoms with Crippen molar-refractivity contribution in [2.75, 3.05) is 6.54 Å². The molecular formula is C17H19F2N5O. The van der Waals surface area contributed by atoms with Crippen LogP contribution in [-0.4, -0.2) is 28.4 Å². The van der Waals surface area contributed by atoms with E-state index in [1.807, 2.05) is 6.07 Å². The van der Waals surface area contributed by atoms with Crippen molar-refractivity contribution in [2.24, 2.45) is 16.5 Å². The van der Waals surface area contributed by atoms with Crippen molar-refractivity contribution in [1.82, 2.24) is 9.88 Å². The zero-order valence-corrected chi connectivity index (χ0v) is 12.7. The normalized spacial score (nSPS) is 12.8. The van der Waals surface area contributed by atoms with Gasteiger partial charge in [0, 0.05) is 24.7 Å². The van der Waals surface area contributed by atoms with Crippen LogP contribution in [0.4, 0.5) is 13.6 Å². The molecule has 0 aliphatic carbocycles. The molecule has 0 fully saturated rings. The average molecular weight is 347 g/mol. The monoisotopic (exact) mass is 347 g/mol. The molecular weight excluding hydrogens is 328 g/mol. The maximum Gasteiger partial charge on any atom is 0.347 e. The molecule has 0 atom stereocenters. The number of amides is 2. The third-order valence-electron chi connectivity index (χ3n) is 3.83. The minimum absolute atomic E-state index is 0. The molecule has 2 amide bonds. The number of fused-ring (bicyclic) bond motifs is 1. The van der Waals surface area contributed by atoms with Gasteiger partial charge in [0.2, 0.25) is 0 Å². The lowest BCUT2D eigenvalue weighted by atomic mass is 9.93. The van der Waals surface area contributed by atoms with Crippen LogP contribution in [-0.2, 0) is 13.0 Å². The number of aliphatic imine (C=N–C) groups is 1. The third kappa shape index (κ3) is 3.73. The highest BCUT2D eigenvalue weighted by atomic mass is 19.1. The Bertz CT molecular complexity index is 834. The van der Waals surface area contributed by atoms with E-state index in [-0.39, 0.29) is 25.6 Å². The molecule has 0 spiro atoms. The van der Waals surface area contributed by atoms with Gasteiger partial charge < -0.3 is 16.4 Å². The van der Waals surface area contributed by atoms with E-state index in [9.17, 15) is 13.6 Å². The number of urea groups is 1. The van der Waals surface area contributed by atoms with Gasteiger partial charge in [-0.3, -0.25) is 4.98 Å². The lowest BCUT2D eigenvalue weighted by Crippen LogP contribution is -2.36. The van der Waals surface area contributed by atoms with E-state index in [1.54, 1.807) is 12.1 Å². The van der Waals surface area contributed by atoms with E-state index in [0.29, 0.717) is 18.5 Å². The quantitative estimate of drug-likeness (QED) is 0.611. The standard InChI is InChI=1S/C16H15F2N5O.CH4/c17-10-6-13(18)14(21-7-10)11-3-1-2-9-4-5-23(8-12(9)11)16(24)22-15(19)20;/h1-3,6-7H,4-5,8H2,(H4,19,20,22,24);1H4. The Balaban J connectivity index is 0.00000225. The number of hydrogen-bond donors (Lipinski definition) is 2. The van der Waals surface area contributed by atoms with Gasteiger partial charge in [0.15, 0.2) is 11.8 Å². The van der Waals surface area contributed by atoms with Crippen LogP contribution in [0.5, 0.6) is 0 Å². The Morgan fingerprint density at radius 3 is 2.72 bits per heavy atom. The topological polar surface area (TPSA) is 97.6 Å². The van der Waals surface area contributed by atoms with E-state index in [2.05, 4.69) is 9.98 Å². The summed E-state index contributed by atoms with van der Waals surface area (Å²) in [6.07, 6.45) is 1.54. The van der Waals surface area contributed by atoms with E-state index >= 15 is 0 Å². The number of benzene rings is 1. The maximum absolute atomic E-state index is 14.1. The van der Waals surface area contributed by atoms with Gasteiger partial charge in [-0.2, -0.15) is 4.99 Å². The highest BCUT2D eigenvalue weighted by Crippen LogP contribution is 2.31. The van der Waals surface area contributed by atoms with Crippen LogP contribution in [0.2, 0.25) is 0 Å². The lowest BCUT2D eigenvalue weighted by Gasteiger charge is -2.29. The largest absolute Gasteiger partial charge is 0.370 e. The van der Waals surface area contributed by atoms with Gasteiger partial charge in [0.25, 0.3) is 0 Å². The molecule has 1 aromatic heterocycles. The molecule has 1 aliphatic heterocycles. The summed E-state index contributed by atoms with van der Waals surface area (Å²) in [7, 11) is 0. The summed E-state index contributed by atoms with van der Waals surface area (Å²) in [5.41, 5.74) is 12.8. The first-order valence-electron chi connectivity index (χ1n) is 7.26. The maximum atomic E-state index is 14.1. The summed E-state index contributed by atoms with van der Waals surface area (Å²) < 4.78 is 27.2. The molecule has 3 rings (SSSR count). The summed E-state index contributed by atoms with van der Waals surface area (Å²) >= 11 is 0. The van der Waals surface area contributed by atoms with Gasteiger partial charge in [-0.15, -0.1) is 0 Å². The van der Waals surface area contributed by atoms with Crippen molar-refractivity contribution in [1.29, 1.82) is 0 Å². The van der Waals surface area contributed by atoms with Gasteiger partial charge >= 0.3 is 6.03 Å². The van der Waals surface area contributed by atoms with Gasteiger partial charge in [-0.05, 0) is 17.5 Å². The number of pyridine rings is 1. The van der Waals surface area contributed by atoms with Crippen molar-refractivity contribution in [2.45, 2.75) is 20.4 Å². The minimum Gasteiger partial charge on any atom is -0.370 e. The first-order chi connectivity index (χ1) is 11.5. The third-order valence-corrected chi connectivity index (χ3v) is 3.83. The predicted molar refractivity (Wildman–Crippen MR) is 91.6 cm³/mol. The molecule has 0 bridgehead atoms. The molecule has 0 unspecified atom stereocenters. The van der Waals surface area contributed by atoms with Crippen molar-refractivity contribution in [3.8, 4) is 11.3 Å². The number of halogens is 2. The van der Waals surface area contributed by atoms with Crippen molar-refractivity contribution < 1.29 is 13.6 Å². The second kappa shape index (κ2) is 7.25. The number of nitrogens with two attached hydrogens (primary N) is 2. The van der Waals surface area contributed by atoms with Crippen LogP contribution >= 0.6 is 0 Å². The Morgan fingerprint density at radius 1 is 1.28 bits per heavy atom. The van der Waals surface area contributed by atoms with E-state index < -0.39 is 17.7 Å². The van der Waals surface area contributed by atoms with Crippen LogP contribution in [0.1, 0.15) is 18.6 Å². The molecule has 132 valence electrons. The van der Waals surface area contributed by atoms with Crippen molar-refractivity contribution in [3.05, 3.63) is 53.2 Å². The van der Waals surface area contributed by atoms with E-state index in [0.717, 1.165) is 23.4 Å². The summed E-state index contributed by atoms with van der Waals surface area (Å²) in [5.74, 6) is -1.81. The highest BCUT2D eigenvalue weighted by Gasteiger charge is 2.24. The Hall–Kier alpha value is -3.03. The van der Waals surface area contributed by atoms with Crippen LogP contribution < -0.4 is 11.5 Å². The molecule has 25 heavy (non-hydrogen) atoms. The first-order valence-corrected chi connectivity index (χ1v) is 7.26. The molecule has 1 aliphatic rings. The average Bonchev–Trinajstić information content (AvgIpc) is 2.53. The number of aromatic nitrogens is 1. The zero-order valence-electron chi connectivity index (χ0n) is 12.7. The van der Waals surface area contributed by atoms with Crippen molar-refractivity contribution in [3.63, 3.8) is 0 Å². The number of guanidine groups is 1. The van der Waals surface area contributed by atoms with Crippen LogP contribution in [0.15, 0.2) is 35.5 Å².